The van der Waals surface area contributed by atoms with Gasteiger partial charge in [-0.3, -0.25) is 19.4 Å². The van der Waals surface area contributed by atoms with Gasteiger partial charge in [-0.25, -0.2) is 0 Å². The molecule has 3 aliphatic rings. The van der Waals surface area contributed by atoms with E-state index < -0.39 is 0 Å². The summed E-state index contributed by atoms with van der Waals surface area (Å²) in [5.41, 5.74) is 1.10. The standard InChI is InChI=1S/C21H35N7O2.HI/c1-22-21(28-12-13-30-19(16-28)18-14-24-25(2)15-18)23-6-7-26-8-10-27(11-9-26)20(29)17-4-3-5-17;/h14-15,17,19H,3-13,16H2,1-2H3,(H,22,23);1H. The van der Waals surface area contributed by atoms with E-state index in [9.17, 15) is 4.79 Å². The van der Waals surface area contributed by atoms with Crippen molar-refractivity contribution in [1.29, 1.82) is 0 Å². The van der Waals surface area contributed by atoms with Crippen LogP contribution in [0.25, 0.3) is 0 Å². The minimum Gasteiger partial charge on any atom is -0.370 e. The molecule has 31 heavy (non-hydrogen) atoms. The first-order chi connectivity index (χ1) is 14.6. The number of aliphatic imine (C=N–C) groups is 1. The first kappa shape index (κ1) is 24.2. The van der Waals surface area contributed by atoms with E-state index >= 15 is 0 Å². The molecule has 4 rings (SSSR count). The van der Waals surface area contributed by atoms with E-state index in [1.807, 2.05) is 31.2 Å². The SMILES string of the molecule is CN=C(NCCN1CCN(C(=O)C2CCC2)CC1)N1CCOC(c2cnn(C)c2)C1.I. The maximum Gasteiger partial charge on any atom is 0.225 e. The van der Waals surface area contributed by atoms with E-state index in [4.69, 9.17) is 4.74 Å². The average molecular weight is 545 g/mol. The lowest BCUT2D eigenvalue weighted by atomic mass is 9.84. The number of hydrogen-bond acceptors (Lipinski definition) is 5. The number of morpholine rings is 1. The topological polar surface area (TPSA) is 78.2 Å². The van der Waals surface area contributed by atoms with Gasteiger partial charge in [-0.05, 0) is 12.8 Å². The van der Waals surface area contributed by atoms with Gasteiger partial charge in [0.05, 0.1) is 19.3 Å². The second-order valence-electron chi connectivity index (χ2n) is 8.52. The molecule has 9 nitrogen and oxygen atoms in total. The maximum absolute atomic E-state index is 12.4. The second kappa shape index (κ2) is 11.5. The van der Waals surface area contributed by atoms with Gasteiger partial charge in [0, 0.05) is 77.6 Å². The van der Waals surface area contributed by atoms with Gasteiger partial charge >= 0.3 is 0 Å². The number of guanidine groups is 1. The number of rotatable bonds is 5. The molecular formula is C21H36IN7O2. The number of amides is 1. The molecule has 174 valence electrons. The highest BCUT2D eigenvalue weighted by Crippen LogP contribution is 2.28. The van der Waals surface area contributed by atoms with Crippen molar-refractivity contribution in [2.75, 3.05) is 66.0 Å². The van der Waals surface area contributed by atoms with Crippen LogP contribution in [-0.4, -0.2) is 102 Å². The normalized spacial score (nSPS) is 23.3. The number of carbonyl (C=O) groups is 1. The summed E-state index contributed by atoms with van der Waals surface area (Å²) in [7, 11) is 3.76. The molecule has 0 radical (unpaired) electrons. The van der Waals surface area contributed by atoms with Crippen LogP contribution in [0.15, 0.2) is 17.4 Å². The Labute approximate surface area is 202 Å². The van der Waals surface area contributed by atoms with Gasteiger partial charge in [0.2, 0.25) is 5.91 Å². The first-order valence-electron chi connectivity index (χ1n) is 11.2. The third-order valence-electron chi connectivity index (χ3n) is 6.52. The number of halogens is 1. The Bertz CT molecular complexity index is 744. The van der Waals surface area contributed by atoms with Gasteiger partial charge < -0.3 is 19.9 Å². The lowest BCUT2D eigenvalue weighted by Gasteiger charge is -2.38. The summed E-state index contributed by atoms with van der Waals surface area (Å²) in [6.45, 7) is 7.72. The summed E-state index contributed by atoms with van der Waals surface area (Å²) in [6.07, 6.45) is 7.30. The molecule has 3 heterocycles. The summed E-state index contributed by atoms with van der Waals surface area (Å²) in [4.78, 5) is 23.6. The Morgan fingerprint density at radius 2 is 2.00 bits per heavy atom. The third-order valence-corrected chi connectivity index (χ3v) is 6.52. The molecule has 1 aromatic rings. The summed E-state index contributed by atoms with van der Waals surface area (Å²) < 4.78 is 7.75. The molecule has 1 aromatic heterocycles. The van der Waals surface area contributed by atoms with Crippen LogP contribution in [0.3, 0.4) is 0 Å². The number of nitrogens with zero attached hydrogens (tertiary/aromatic N) is 6. The number of aryl methyl sites for hydroxylation is 1. The van der Waals surface area contributed by atoms with E-state index in [0.717, 1.165) is 76.7 Å². The molecule has 1 atom stereocenters. The Hall–Kier alpha value is -1.40. The highest BCUT2D eigenvalue weighted by Gasteiger charge is 2.31. The molecular weight excluding hydrogens is 509 g/mol. The van der Waals surface area contributed by atoms with E-state index in [2.05, 4.69) is 30.1 Å². The molecule has 0 bridgehead atoms. The molecule has 0 aromatic carbocycles. The number of ether oxygens (including phenoxy) is 1. The molecule has 1 aliphatic carbocycles. The number of carbonyl (C=O) groups excluding carboxylic acids is 1. The van der Waals surface area contributed by atoms with Crippen molar-refractivity contribution in [3.8, 4) is 0 Å². The fourth-order valence-electron chi connectivity index (χ4n) is 4.41. The van der Waals surface area contributed by atoms with E-state index in [-0.39, 0.29) is 30.1 Å². The van der Waals surface area contributed by atoms with Gasteiger partial charge in [0.15, 0.2) is 5.96 Å². The molecule has 10 heteroatoms. The van der Waals surface area contributed by atoms with Gasteiger partial charge in [-0.15, -0.1) is 24.0 Å². The quantitative estimate of drug-likeness (QED) is 0.337. The monoisotopic (exact) mass is 545 g/mol. The zero-order valence-corrected chi connectivity index (χ0v) is 21.0. The van der Waals surface area contributed by atoms with Crippen LogP contribution < -0.4 is 5.32 Å². The fraction of sp³-hybridized carbons (Fsp3) is 0.762. The van der Waals surface area contributed by atoms with Crippen LogP contribution in [0.4, 0.5) is 0 Å². The largest absolute Gasteiger partial charge is 0.370 e. The molecule has 2 aliphatic heterocycles. The van der Waals surface area contributed by atoms with Crippen LogP contribution in [-0.2, 0) is 16.6 Å². The average Bonchev–Trinajstić information content (AvgIpc) is 3.17. The number of piperazine rings is 1. The lowest BCUT2D eigenvalue weighted by molar-refractivity contribution is -0.139. The van der Waals surface area contributed by atoms with E-state index in [1.54, 1.807) is 0 Å². The van der Waals surface area contributed by atoms with Crippen molar-refractivity contribution in [2.24, 2.45) is 18.0 Å². The van der Waals surface area contributed by atoms with E-state index in [1.165, 1.54) is 6.42 Å². The van der Waals surface area contributed by atoms with Crippen molar-refractivity contribution in [3.63, 3.8) is 0 Å². The van der Waals surface area contributed by atoms with Crippen LogP contribution in [0.1, 0.15) is 30.9 Å². The zero-order chi connectivity index (χ0) is 20.9. The summed E-state index contributed by atoms with van der Waals surface area (Å²) in [5.74, 6) is 1.62. The smallest absolute Gasteiger partial charge is 0.225 e. The molecule has 1 saturated carbocycles. The first-order valence-corrected chi connectivity index (χ1v) is 11.2. The van der Waals surface area contributed by atoms with Crippen molar-refractivity contribution in [2.45, 2.75) is 25.4 Å². The Kier molecular flexibility index (Phi) is 8.96. The van der Waals surface area contributed by atoms with Crippen LogP contribution in [0.2, 0.25) is 0 Å². The van der Waals surface area contributed by atoms with Gasteiger partial charge in [-0.2, -0.15) is 5.10 Å². The number of nitrogens with one attached hydrogen (secondary N) is 1. The molecule has 0 spiro atoms. The molecule has 1 unspecified atom stereocenters. The molecule has 1 N–H and O–H groups in total. The predicted molar refractivity (Wildman–Crippen MR) is 131 cm³/mol. The fourth-order valence-corrected chi connectivity index (χ4v) is 4.41. The highest BCUT2D eigenvalue weighted by molar-refractivity contribution is 14.0. The Morgan fingerprint density at radius 1 is 1.23 bits per heavy atom. The predicted octanol–water partition coefficient (Wildman–Crippen LogP) is 0.931. The van der Waals surface area contributed by atoms with Crippen LogP contribution in [0, 0.1) is 5.92 Å². The number of aromatic nitrogens is 2. The molecule has 1 amide bonds. The van der Waals surface area contributed by atoms with Crippen molar-refractivity contribution >= 4 is 35.8 Å². The zero-order valence-electron chi connectivity index (χ0n) is 18.7. The summed E-state index contributed by atoms with van der Waals surface area (Å²) >= 11 is 0. The van der Waals surface area contributed by atoms with Crippen molar-refractivity contribution in [1.82, 2.24) is 29.8 Å². The van der Waals surface area contributed by atoms with Crippen molar-refractivity contribution < 1.29 is 9.53 Å². The van der Waals surface area contributed by atoms with Gasteiger partial charge in [0.25, 0.3) is 0 Å². The van der Waals surface area contributed by atoms with Crippen LogP contribution in [0.5, 0.6) is 0 Å². The van der Waals surface area contributed by atoms with Crippen molar-refractivity contribution in [3.05, 3.63) is 18.0 Å². The maximum atomic E-state index is 12.4. The Balaban J connectivity index is 0.00000272. The number of hydrogen-bond donors (Lipinski definition) is 1. The highest BCUT2D eigenvalue weighted by atomic mass is 127. The van der Waals surface area contributed by atoms with Gasteiger partial charge in [0.1, 0.15) is 6.10 Å². The minimum atomic E-state index is 0. The Morgan fingerprint density at radius 3 is 2.61 bits per heavy atom. The lowest BCUT2D eigenvalue weighted by Crippen LogP contribution is -2.53. The third kappa shape index (κ3) is 6.10. The minimum absolute atomic E-state index is 0. The summed E-state index contributed by atoms with van der Waals surface area (Å²) in [6, 6.07) is 0. The molecule has 2 saturated heterocycles. The molecule has 3 fully saturated rings. The second-order valence-corrected chi connectivity index (χ2v) is 8.52. The van der Waals surface area contributed by atoms with Gasteiger partial charge in [-0.1, -0.05) is 6.42 Å². The summed E-state index contributed by atoms with van der Waals surface area (Å²) in [5, 5.41) is 7.77. The van der Waals surface area contributed by atoms with E-state index in [0.29, 0.717) is 18.4 Å². The van der Waals surface area contributed by atoms with Crippen LogP contribution >= 0.6 is 24.0 Å².